The lowest BCUT2D eigenvalue weighted by molar-refractivity contribution is -0.274. The Hall–Kier alpha value is -2.12. The van der Waals surface area contributed by atoms with Crippen LogP contribution in [0.2, 0.25) is 0 Å². The van der Waals surface area contributed by atoms with Gasteiger partial charge in [0.1, 0.15) is 17.3 Å². The van der Waals surface area contributed by atoms with Gasteiger partial charge in [-0.15, -0.1) is 13.2 Å². The number of benzene rings is 1. The summed E-state index contributed by atoms with van der Waals surface area (Å²) in [5.74, 6) is 0.285. The Labute approximate surface area is 119 Å². The van der Waals surface area contributed by atoms with Crippen molar-refractivity contribution >= 4 is 5.84 Å². The molecule has 0 bridgehead atoms. The van der Waals surface area contributed by atoms with Gasteiger partial charge in [-0.3, -0.25) is 0 Å². The van der Waals surface area contributed by atoms with Gasteiger partial charge in [-0.1, -0.05) is 5.16 Å². The fraction of sp³-hybridized carbons (Fsp3) is 0.462. The minimum absolute atomic E-state index is 0.141. The smallest absolute Gasteiger partial charge is 0.493 e. The number of rotatable bonds is 6. The Morgan fingerprint density at radius 2 is 1.81 bits per heavy atom. The third-order valence-electron chi connectivity index (χ3n) is 3.24. The maximum atomic E-state index is 12.0. The number of hydrogen-bond donors (Lipinski definition) is 2. The Morgan fingerprint density at radius 3 is 2.29 bits per heavy atom. The van der Waals surface area contributed by atoms with E-state index in [0.29, 0.717) is 18.8 Å². The van der Waals surface area contributed by atoms with Crippen LogP contribution >= 0.6 is 0 Å². The van der Waals surface area contributed by atoms with Gasteiger partial charge in [0.2, 0.25) is 0 Å². The van der Waals surface area contributed by atoms with Gasteiger partial charge in [-0.25, -0.2) is 0 Å². The number of ether oxygens (including phenoxy) is 2. The molecule has 0 saturated heterocycles. The second-order valence-corrected chi connectivity index (χ2v) is 5.08. The molecule has 0 spiro atoms. The van der Waals surface area contributed by atoms with Gasteiger partial charge in [-0.05, 0) is 37.1 Å². The van der Waals surface area contributed by atoms with Crippen molar-refractivity contribution in [3.63, 3.8) is 0 Å². The van der Waals surface area contributed by atoms with Crippen molar-refractivity contribution in [1.82, 2.24) is 0 Å². The molecule has 5 nitrogen and oxygen atoms in total. The summed E-state index contributed by atoms with van der Waals surface area (Å²) in [6.45, 7) is 0.364. The third-order valence-corrected chi connectivity index (χ3v) is 3.24. The zero-order chi connectivity index (χ0) is 15.5. The molecule has 0 heterocycles. The lowest BCUT2D eigenvalue weighted by atomic mass is 10.0. The van der Waals surface area contributed by atoms with Crippen molar-refractivity contribution in [2.24, 2.45) is 16.3 Å². The molecule has 3 N–H and O–H groups in total. The highest BCUT2D eigenvalue weighted by Gasteiger charge is 2.44. The summed E-state index contributed by atoms with van der Waals surface area (Å²) in [6, 6.07) is 5.18. The van der Waals surface area contributed by atoms with Gasteiger partial charge in [0.25, 0.3) is 0 Å². The lowest BCUT2D eigenvalue weighted by Crippen LogP contribution is -2.22. The maximum Gasteiger partial charge on any atom is 0.573 e. The molecular weight excluding hydrogens is 289 g/mol. The molecule has 0 atom stereocenters. The summed E-state index contributed by atoms with van der Waals surface area (Å²) in [4.78, 5) is 0. The molecule has 1 aliphatic rings. The van der Waals surface area contributed by atoms with Gasteiger partial charge >= 0.3 is 6.36 Å². The largest absolute Gasteiger partial charge is 0.573 e. The maximum absolute atomic E-state index is 12.0. The summed E-state index contributed by atoms with van der Waals surface area (Å²) >= 11 is 0. The highest BCUT2D eigenvalue weighted by Crippen LogP contribution is 2.49. The van der Waals surface area contributed by atoms with Crippen LogP contribution < -0.4 is 15.2 Å². The highest BCUT2D eigenvalue weighted by atomic mass is 19.4. The van der Waals surface area contributed by atoms with E-state index in [1.54, 1.807) is 0 Å². The van der Waals surface area contributed by atoms with Gasteiger partial charge < -0.3 is 20.4 Å². The van der Waals surface area contributed by atoms with E-state index in [4.69, 9.17) is 15.7 Å². The summed E-state index contributed by atoms with van der Waals surface area (Å²) in [6.07, 6.45) is -2.47. The molecule has 2 rings (SSSR count). The van der Waals surface area contributed by atoms with Crippen LogP contribution in [0.25, 0.3) is 0 Å². The third kappa shape index (κ3) is 4.73. The molecule has 8 heteroatoms. The molecule has 1 aromatic rings. The van der Waals surface area contributed by atoms with Crippen molar-refractivity contribution in [3.05, 3.63) is 24.3 Å². The molecule has 1 aliphatic carbocycles. The molecular formula is C13H15F3N2O3. The topological polar surface area (TPSA) is 77.1 Å². The summed E-state index contributed by atoms with van der Waals surface area (Å²) < 4.78 is 45.3. The lowest BCUT2D eigenvalue weighted by Gasteiger charge is -2.15. The zero-order valence-electron chi connectivity index (χ0n) is 11.1. The second kappa shape index (κ2) is 5.71. The summed E-state index contributed by atoms with van der Waals surface area (Å²) in [5.41, 5.74) is 5.33. The van der Waals surface area contributed by atoms with Crippen LogP contribution in [0.3, 0.4) is 0 Å². The average Bonchev–Trinajstić information content (AvgIpc) is 3.16. The van der Waals surface area contributed by atoms with Gasteiger partial charge in [0.05, 0.1) is 6.61 Å². The summed E-state index contributed by atoms with van der Waals surface area (Å²) in [5, 5.41) is 11.5. The number of alkyl halides is 3. The molecule has 0 radical (unpaired) electrons. The van der Waals surface area contributed by atoms with E-state index in [9.17, 15) is 13.2 Å². The molecule has 0 aliphatic heterocycles. The monoisotopic (exact) mass is 304 g/mol. The van der Waals surface area contributed by atoms with E-state index in [0.717, 1.165) is 12.8 Å². The number of halogens is 3. The standard InChI is InChI=1S/C13H15F3N2O3/c14-13(15,16)21-10-3-1-9(2-4-10)20-8-12(5-6-12)7-11(17)18-19/h1-4,19H,5-8H2,(H2,17,18). The number of amidine groups is 1. The van der Waals surface area contributed by atoms with E-state index in [2.05, 4.69) is 9.89 Å². The number of oxime groups is 1. The van der Waals surface area contributed by atoms with E-state index in [-0.39, 0.29) is 17.0 Å². The van der Waals surface area contributed by atoms with Crippen LogP contribution in [0.15, 0.2) is 29.4 Å². The molecule has 0 unspecified atom stereocenters. The van der Waals surface area contributed by atoms with Crippen LogP contribution in [0.1, 0.15) is 19.3 Å². The van der Waals surface area contributed by atoms with Crippen LogP contribution in [0, 0.1) is 5.41 Å². The van der Waals surface area contributed by atoms with Crippen LogP contribution in [0.5, 0.6) is 11.5 Å². The Kier molecular flexibility index (Phi) is 4.15. The number of nitrogens with zero attached hydrogens (tertiary/aromatic N) is 1. The number of hydrogen-bond acceptors (Lipinski definition) is 4. The van der Waals surface area contributed by atoms with Gasteiger partial charge in [0, 0.05) is 11.8 Å². The first kappa shape index (κ1) is 15.3. The normalized spacial score (nSPS) is 17.4. The van der Waals surface area contributed by atoms with Crippen molar-refractivity contribution in [3.8, 4) is 11.5 Å². The summed E-state index contributed by atoms with van der Waals surface area (Å²) in [7, 11) is 0. The van der Waals surface area contributed by atoms with Crippen LogP contribution in [0.4, 0.5) is 13.2 Å². The van der Waals surface area contributed by atoms with Gasteiger partial charge in [-0.2, -0.15) is 0 Å². The first-order valence-electron chi connectivity index (χ1n) is 6.27. The predicted molar refractivity (Wildman–Crippen MR) is 68.3 cm³/mol. The fourth-order valence-electron chi connectivity index (χ4n) is 1.94. The predicted octanol–water partition coefficient (Wildman–Crippen LogP) is 2.88. The van der Waals surface area contributed by atoms with E-state index in [1.807, 2.05) is 0 Å². The zero-order valence-corrected chi connectivity index (χ0v) is 11.1. The Bertz CT molecular complexity index is 510. The van der Waals surface area contributed by atoms with E-state index in [1.165, 1.54) is 24.3 Å². The van der Waals surface area contributed by atoms with Gasteiger partial charge in [0.15, 0.2) is 0 Å². The molecule has 21 heavy (non-hydrogen) atoms. The molecule has 1 aromatic carbocycles. The van der Waals surface area contributed by atoms with Crippen molar-refractivity contribution in [2.45, 2.75) is 25.6 Å². The highest BCUT2D eigenvalue weighted by molar-refractivity contribution is 5.80. The molecule has 1 fully saturated rings. The van der Waals surface area contributed by atoms with Crippen molar-refractivity contribution in [1.29, 1.82) is 0 Å². The second-order valence-electron chi connectivity index (χ2n) is 5.08. The quantitative estimate of drug-likeness (QED) is 0.367. The van der Waals surface area contributed by atoms with E-state index < -0.39 is 6.36 Å². The SMILES string of the molecule is N/C(CC1(COc2ccc(OC(F)(F)F)cc2)CC1)=N/O. The molecule has 0 amide bonds. The van der Waals surface area contributed by atoms with Crippen molar-refractivity contribution in [2.75, 3.05) is 6.61 Å². The molecule has 1 saturated carbocycles. The first-order valence-corrected chi connectivity index (χ1v) is 6.27. The minimum Gasteiger partial charge on any atom is -0.493 e. The Balaban J connectivity index is 1.87. The first-order chi connectivity index (χ1) is 9.82. The van der Waals surface area contributed by atoms with Crippen LogP contribution in [-0.2, 0) is 0 Å². The van der Waals surface area contributed by atoms with Crippen LogP contribution in [-0.4, -0.2) is 24.0 Å². The van der Waals surface area contributed by atoms with E-state index >= 15 is 0 Å². The van der Waals surface area contributed by atoms with Crippen molar-refractivity contribution < 1.29 is 27.9 Å². The Morgan fingerprint density at radius 1 is 1.24 bits per heavy atom. The number of nitrogens with two attached hydrogens (primary N) is 1. The average molecular weight is 304 g/mol. The minimum atomic E-state index is -4.71. The fourth-order valence-corrected chi connectivity index (χ4v) is 1.94. The molecule has 0 aromatic heterocycles. The molecule has 116 valence electrons.